The normalized spacial score (nSPS) is 38.1. The lowest BCUT2D eigenvalue weighted by Crippen LogP contribution is -2.50. The Morgan fingerprint density at radius 3 is 2.20 bits per heavy atom. The summed E-state index contributed by atoms with van der Waals surface area (Å²) in [5.74, 6) is 0.813. The van der Waals surface area contributed by atoms with Crippen molar-refractivity contribution in [2.24, 2.45) is 11.7 Å². The van der Waals surface area contributed by atoms with Crippen LogP contribution in [0, 0.1) is 5.92 Å². The largest absolute Gasteiger partial charge is 0.377 e. The first kappa shape index (κ1) is 10.2. The van der Waals surface area contributed by atoms with Gasteiger partial charge in [-0.3, -0.25) is 0 Å². The molecule has 0 saturated heterocycles. The van der Waals surface area contributed by atoms with Crippen LogP contribution in [0.1, 0.15) is 19.8 Å². The quantitative estimate of drug-likeness (QED) is 0.667. The number of rotatable bonds is 2. The molecule has 0 aromatic rings. The molecule has 0 atom stereocenters. The maximum atomic E-state index is 5.52. The smallest absolute Gasteiger partial charge is 0.0805 e. The Kier molecular flexibility index (Phi) is 3.63. The Morgan fingerprint density at radius 1 is 1.60 bits per heavy atom. The molecule has 1 aliphatic rings. The summed E-state index contributed by atoms with van der Waals surface area (Å²) in [6.45, 7) is 2.90. The zero-order chi connectivity index (χ0) is 6.91. The summed E-state index contributed by atoms with van der Waals surface area (Å²) < 4.78 is 5.27. The number of hydrogen-bond acceptors (Lipinski definition) is 2. The lowest BCUT2D eigenvalue weighted by Gasteiger charge is -2.44. The van der Waals surface area contributed by atoms with Crippen molar-refractivity contribution < 1.29 is 4.74 Å². The SMILES string of the molecule is COC1(CN)CC(C)C1.Cl. The van der Waals surface area contributed by atoms with Crippen molar-refractivity contribution in [3.63, 3.8) is 0 Å². The van der Waals surface area contributed by atoms with Crippen LogP contribution in [0.2, 0.25) is 0 Å². The predicted molar refractivity (Wildman–Crippen MR) is 44.4 cm³/mol. The van der Waals surface area contributed by atoms with E-state index in [1.165, 1.54) is 0 Å². The van der Waals surface area contributed by atoms with Crippen molar-refractivity contribution >= 4 is 12.4 Å². The fourth-order valence-electron chi connectivity index (χ4n) is 1.63. The standard InChI is InChI=1S/C7H15NO.ClH/c1-6-3-7(4-6,5-8)9-2;/h6H,3-5,8H2,1-2H3;1H. The third-order valence-corrected chi connectivity index (χ3v) is 2.25. The molecular formula is C7H16ClNO. The van der Waals surface area contributed by atoms with Gasteiger partial charge >= 0.3 is 0 Å². The van der Waals surface area contributed by atoms with E-state index in [9.17, 15) is 0 Å². The third-order valence-electron chi connectivity index (χ3n) is 2.25. The topological polar surface area (TPSA) is 35.2 Å². The van der Waals surface area contributed by atoms with Crippen molar-refractivity contribution in [2.75, 3.05) is 13.7 Å². The molecule has 2 nitrogen and oxygen atoms in total. The minimum Gasteiger partial charge on any atom is -0.377 e. The molecule has 1 saturated carbocycles. The molecule has 3 heteroatoms. The van der Waals surface area contributed by atoms with E-state index >= 15 is 0 Å². The predicted octanol–water partition coefficient (Wildman–Crippen LogP) is 1.18. The molecule has 0 unspecified atom stereocenters. The average molecular weight is 166 g/mol. The summed E-state index contributed by atoms with van der Waals surface area (Å²) in [5, 5.41) is 0. The second-order valence-corrected chi connectivity index (χ2v) is 3.10. The van der Waals surface area contributed by atoms with Crippen molar-refractivity contribution in [1.82, 2.24) is 0 Å². The van der Waals surface area contributed by atoms with Gasteiger partial charge in [0.05, 0.1) is 5.60 Å². The van der Waals surface area contributed by atoms with Gasteiger partial charge in [-0.1, -0.05) is 6.92 Å². The van der Waals surface area contributed by atoms with E-state index in [0.29, 0.717) is 6.54 Å². The van der Waals surface area contributed by atoms with Crippen molar-refractivity contribution in [3.8, 4) is 0 Å². The van der Waals surface area contributed by atoms with Gasteiger partial charge in [0.25, 0.3) is 0 Å². The van der Waals surface area contributed by atoms with Crippen molar-refractivity contribution in [3.05, 3.63) is 0 Å². The fourth-order valence-corrected chi connectivity index (χ4v) is 1.63. The van der Waals surface area contributed by atoms with Crippen molar-refractivity contribution in [1.29, 1.82) is 0 Å². The van der Waals surface area contributed by atoms with E-state index in [1.807, 2.05) is 0 Å². The molecule has 0 aliphatic heterocycles. The molecule has 0 heterocycles. The highest BCUT2D eigenvalue weighted by atomic mass is 35.5. The van der Waals surface area contributed by atoms with Gasteiger partial charge in [0.2, 0.25) is 0 Å². The van der Waals surface area contributed by atoms with Crippen LogP contribution in [0.5, 0.6) is 0 Å². The molecule has 0 amide bonds. The van der Waals surface area contributed by atoms with E-state index in [1.54, 1.807) is 7.11 Å². The van der Waals surface area contributed by atoms with Crippen LogP contribution in [0.15, 0.2) is 0 Å². The molecule has 1 aliphatic carbocycles. The van der Waals surface area contributed by atoms with Crippen LogP contribution >= 0.6 is 12.4 Å². The summed E-state index contributed by atoms with van der Waals surface area (Å²) in [4.78, 5) is 0. The average Bonchev–Trinajstić information content (AvgIpc) is 1.81. The number of halogens is 1. The maximum Gasteiger partial charge on any atom is 0.0805 e. The van der Waals surface area contributed by atoms with Crippen LogP contribution in [0.3, 0.4) is 0 Å². The van der Waals surface area contributed by atoms with E-state index in [0.717, 1.165) is 18.8 Å². The molecule has 2 N–H and O–H groups in total. The van der Waals surface area contributed by atoms with Gasteiger partial charge in [-0.05, 0) is 18.8 Å². The Balaban J connectivity index is 0.000000810. The van der Waals surface area contributed by atoms with Gasteiger partial charge in [-0.2, -0.15) is 0 Å². The molecule has 10 heavy (non-hydrogen) atoms. The Hall–Kier alpha value is 0.210. The van der Waals surface area contributed by atoms with Gasteiger partial charge in [0.1, 0.15) is 0 Å². The van der Waals surface area contributed by atoms with Crippen LogP contribution in [0.4, 0.5) is 0 Å². The second kappa shape index (κ2) is 3.56. The number of nitrogens with two attached hydrogens (primary N) is 1. The summed E-state index contributed by atoms with van der Waals surface area (Å²) >= 11 is 0. The van der Waals surface area contributed by atoms with Crippen LogP contribution < -0.4 is 5.73 Å². The molecule has 0 spiro atoms. The van der Waals surface area contributed by atoms with Gasteiger partial charge in [0, 0.05) is 13.7 Å². The van der Waals surface area contributed by atoms with Crippen LogP contribution in [-0.2, 0) is 4.74 Å². The lowest BCUT2D eigenvalue weighted by atomic mass is 9.72. The Bertz CT molecular complexity index is 95.8. The minimum atomic E-state index is 0. The molecule has 0 bridgehead atoms. The molecule has 0 aromatic carbocycles. The van der Waals surface area contributed by atoms with Crippen LogP contribution in [-0.4, -0.2) is 19.3 Å². The van der Waals surface area contributed by atoms with E-state index in [2.05, 4.69) is 6.92 Å². The first-order valence-corrected chi connectivity index (χ1v) is 3.48. The highest BCUT2D eigenvalue weighted by molar-refractivity contribution is 5.85. The van der Waals surface area contributed by atoms with E-state index in [4.69, 9.17) is 10.5 Å². The highest BCUT2D eigenvalue weighted by Gasteiger charge is 2.40. The van der Waals surface area contributed by atoms with Gasteiger partial charge in [-0.25, -0.2) is 0 Å². The zero-order valence-electron chi connectivity index (χ0n) is 6.59. The Morgan fingerprint density at radius 2 is 2.10 bits per heavy atom. The number of hydrogen-bond donors (Lipinski definition) is 1. The third kappa shape index (κ3) is 1.62. The number of ether oxygens (including phenoxy) is 1. The lowest BCUT2D eigenvalue weighted by molar-refractivity contribution is -0.0922. The highest BCUT2D eigenvalue weighted by Crippen LogP contribution is 2.38. The minimum absolute atomic E-state index is 0. The summed E-state index contributed by atoms with van der Waals surface area (Å²) in [6, 6.07) is 0. The van der Waals surface area contributed by atoms with Gasteiger partial charge < -0.3 is 10.5 Å². The first-order valence-electron chi connectivity index (χ1n) is 3.48. The molecule has 1 fully saturated rings. The van der Waals surface area contributed by atoms with Gasteiger partial charge in [0.15, 0.2) is 0 Å². The summed E-state index contributed by atoms with van der Waals surface area (Å²) in [6.07, 6.45) is 2.28. The molecule has 62 valence electrons. The molecule has 1 rings (SSSR count). The first-order chi connectivity index (χ1) is 4.22. The van der Waals surface area contributed by atoms with E-state index < -0.39 is 0 Å². The molecule has 0 aromatic heterocycles. The van der Waals surface area contributed by atoms with E-state index in [-0.39, 0.29) is 18.0 Å². The number of methoxy groups -OCH3 is 1. The van der Waals surface area contributed by atoms with Gasteiger partial charge in [-0.15, -0.1) is 12.4 Å². The molecular weight excluding hydrogens is 150 g/mol. The monoisotopic (exact) mass is 165 g/mol. The summed E-state index contributed by atoms with van der Waals surface area (Å²) in [7, 11) is 1.75. The van der Waals surface area contributed by atoms with Crippen LogP contribution in [0.25, 0.3) is 0 Å². The fraction of sp³-hybridized carbons (Fsp3) is 1.00. The maximum absolute atomic E-state index is 5.52. The summed E-state index contributed by atoms with van der Waals surface area (Å²) in [5.41, 5.74) is 5.57. The zero-order valence-corrected chi connectivity index (χ0v) is 7.41. The second-order valence-electron chi connectivity index (χ2n) is 3.10. The Labute approximate surface area is 68.5 Å². The van der Waals surface area contributed by atoms with Crippen molar-refractivity contribution in [2.45, 2.75) is 25.4 Å². The molecule has 0 radical (unpaired) electrons.